The molecule has 0 unspecified atom stereocenters. The van der Waals surface area contributed by atoms with Crippen LogP contribution in [0, 0.1) is 0 Å². The molecule has 0 saturated carbocycles. The van der Waals surface area contributed by atoms with Crippen molar-refractivity contribution in [3.8, 4) is 0 Å². The molecule has 7 heteroatoms. The predicted octanol–water partition coefficient (Wildman–Crippen LogP) is 7.25. The van der Waals surface area contributed by atoms with E-state index in [1.54, 1.807) is 24.1 Å². The van der Waals surface area contributed by atoms with E-state index < -0.39 is 11.7 Å². The Morgan fingerprint density at radius 1 is 0.839 bits per heavy atom. The Balaban J connectivity index is 1.94. The van der Waals surface area contributed by atoms with Crippen LogP contribution in [0.25, 0.3) is 0 Å². The van der Waals surface area contributed by atoms with E-state index in [-0.39, 0.29) is 11.8 Å². The summed E-state index contributed by atoms with van der Waals surface area (Å²) < 4.78 is 40.7. The maximum Gasteiger partial charge on any atom is 0.421 e. The molecule has 0 aliphatic carbocycles. The highest BCUT2D eigenvalue weighted by molar-refractivity contribution is 5.64. The lowest BCUT2D eigenvalue weighted by Gasteiger charge is -2.21. The molecule has 0 saturated heterocycles. The Kier molecular flexibility index (Phi) is 6.53. The highest BCUT2D eigenvalue weighted by atomic mass is 19.4. The lowest BCUT2D eigenvalue weighted by atomic mass is 10.0. The van der Waals surface area contributed by atoms with Crippen LogP contribution < -0.4 is 10.2 Å². The molecular weight excluding hydrogens is 401 g/mol. The molecule has 0 aliphatic heterocycles. The van der Waals surface area contributed by atoms with Gasteiger partial charge in [0.05, 0.1) is 0 Å². The van der Waals surface area contributed by atoms with Crippen LogP contribution in [-0.2, 0) is 6.18 Å². The Morgan fingerprint density at radius 3 is 1.84 bits per heavy atom. The number of hydrogen-bond acceptors (Lipinski definition) is 4. The summed E-state index contributed by atoms with van der Waals surface area (Å²) in [6.07, 6.45) is -3.75. The smallest absolute Gasteiger partial charge is 0.340 e. The molecule has 2 aromatic carbocycles. The van der Waals surface area contributed by atoms with Gasteiger partial charge >= 0.3 is 6.18 Å². The summed E-state index contributed by atoms with van der Waals surface area (Å²) in [5.41, 5.74) is 2.69. The van der Waals surface area contributed by atoms with Crippen molar-refractivity contribution in [1.82, 2.24) is 9.97 Å². The first kappa shape index (κ1) is 22.6. The molecule has 3 aromatic rings. The Hall–Kier alpha value is -3.09. The van der Waals surface area contributed by atoms with Gasteiger partial charge in [0.25, 0.3) is 0 Å². The second-order valence-electron chi connectivity index (χ2n) is 8.14. The molecule has 1 aromatic heterocycles. The third-order valence-electron chi connectivity index (χ3n) is 5.17. The number of nitrogens with one attached hydrogen (secondary N) is 1. The summed E-state index contributed by atoms with van der Waals surface area (Å²) in [6, 6.07) is 15.1. The van der Waals surface area contributed by atoms with Crippen molar-refractivity contribution in [2.45, 2.75) is 45.7 Å². The molecule has 0 amide bonds. The van der Waals surface area contributed by atoms with Gasteiger partial charge in [-0.1, -0.05) is 52.0 Å². The summed E-state index contributed by atoms with van der Waals surface area (Å²) >= 11 is 0. The molecule has 0 fully saturated rings. The zero-order valence-corrected chi connectivity index (χ0v) is 18.3. The summed E-state index contributed by atoms with van der Waals surface area (Å²) in [6.45, 7) is 8.32. The number of anilines is 4. The second-order valence-corrected chi connectivity index (χ2v) is 8.14. The zero-order chi connectivity index (χ0) is 22.8. The fourth-order valence-electron chi connectivity index (χ4n) is 3.12. The largest absolute Gasteiger partial charge is 0.421 e. The monoisotopic (exact) mass is 428 g/mol. The Labute approximate surface area is 181 Å². The number of alkyl halides is 3. The third-order valence-corrected chi connectivity index (χ3v) is 5.17. The average Bonchev–Trinajstić information content (AvgIpc) is 2.73. The van der Waals surface area contributed by atoms with E-state index >= 15 is 0 Å². The highest BCUT2D eigenvalue weighted by Crippen LogP contribution is 2.36. The van der Waals surface area contributed by atoms with Crippen LogP contribution in [-0.4, -0.2) is 17.0 Å². The summed E-state index contributed by atoms with van der Waals surface area (Å²) in [5.74, 6) is 0.618. The van der Waals surface area contributed by atoms with Gasteiger partial charge in [-0.05, 0) is 47.2 Å². The maximum atomic E-state index is 13.6. The zero-order valence-electron chi connectivity index (χ0n) is 18.3. The molecule has 164 valence electrons. The molecule has 0 radical (unpaired) electrons. The molecule has 1 N–H and O–H groups in total. The predicted molar refractivity (Wildman–Crippen MR) is 119 cm³/mol. The van der Waals surface area contributed by atoms with Crippen LogP contribution in [0.3, 0.4) is 0 Å². The first-order valence-electron chi connectivity index (χ1n) is 10.2. The van der Waals surface area contributed by atoms with Crippen LogP contribution in [0.1, 0.15) is 56.2 Å². The van der Waals surface area contributed by atoms with E-state index in [9.17, 15) is 13.2 Å². The van der Waals surface area contributed by atoms with Crippen molar-refractivity contribution < 1.29 is 13.2 Å². The van der Waals surface area contributed by atoms with Gasteiger partial charge in [0.15, 0.2) is 0 Å². The van der Waals surface area contributed by atoms with E-state index in [0.29, 0.717) is 17.5 Å². The van der Waals surface area contributed by atoms with Crippen molar-refractivity contribution in [1.29, 1.82) is 0 Å². The van der Waals surface area contributed by atoms with Gasteiger partial charge in [-0.3, -0.25) is 0 Å². The molecule has 31 heavy (non-hydrogen) atoms. The van der Waals surface area contributed by atoms with Crippen molar-refractivity contribution in [3.63, 3.8) is 0 Å². The molecule has 4 nitrogen and oxygen atoms in total. The Morgan fingerprint density at radius 2 is 1.35 bits per heavy atom. The molecule has 0 spiro atoms. The number of nitrogens with zero attached hydrogens (tertiary/aromatic N) is 3. The van der Waals surface area contributed by atoms with Crippen LogP contribution >= 0.6 is 0 Å². The maximum absolute atomic E-state index is 13.6. The van der Waals surface area contributed by atoms with Gasteiger partial charge in [0.1, 0.15) is 11.4 Å². The first-order chi connectivity index (χ1) is 14.6. The topological polar surface area (TPSA) is 41.1 Å². The minimum atomic E-state index is -4.57. The second kappa shape index (κ2) is 8.96. The van der Waals surface area contributed by atoms with Crippen molar-refractivity contribution >= 4 is 23.1 Å². The minimum Gasteiger partial charge on any atom is -0.340 e. The summed E-state index contributed by atoms with van der Waals surface area (Å²) in [7, 11) is 1.73. The van der Waals surface area contributed by atoms with Crippen LogP contribution in [0.2, 0.25) is 0 Å². The fourth-order valence-corrected chi connectivity index (χ4v) is 3.12. The van der Waals surface area contributed by atoms with Crippen LogP contribution in [0.4, 0.5) is 36.3 Å². The van der Waals surface area contributed by atoms with Gasteiger partial charge in [0, 0.05) is 24.6 Å². The van der Waals surface area contributed by atoms with Crippen molar-refractivity contribution in [2.75, 3.05) is 17.3 Å². The number of halogens is 3. The minimum absolute atomic E-state index is 0.173. The molecule has 0 bridgehead atoms. The van der Waals surface area contributed by atoms with Gasteiger partial charge in [0.2, 0.25) is 5.95 Å². The molecule has 1 heterocycles. The van der Waals surface area contributed by atoms with E-state index in [4.69, 9.17) is 0 Å². The highest BCUT2D eigenvalue weighted by Gasteiger charge is 2.35. The molecule has 3 rings (SSSR count). The Bertz CT molecular complexity index is 1010. The number of hydrogen-bond donors (Lipinski definition) is 1. The summed E-state index contributed by atoms with van der Waals surface area (Å²) in [5, 5.41) is 2.82. The van der Waals surface area contributed by atoms with Crippen LogP contribution in [0.5, 0.6) is 0 Å². The standard InChI is InChI=1S/C24H27F3N4/c1-15(2)17-6-10-19(11-7-17)29-22-21(24(25,26)27)14-28-23(30-22)31(5)20-12-8-18(9-13-20)16(3)4/h6-16H,1-5H3,(H,28,29,30). The first-order valence-corrected chi connectivity index (χ1v) is 10.2. The van der Waals surface area contributed by atoms with E-state index in [1.807, 2.05) is 36.4 Å². The van der Waals surface area contributed by atoms with E-state index in [0.717, 1.165) is 17.4 Å². The lowest BCUT2D eigenvalue weighted by molar-refractivity contribution is -0.137. The van der Waals surface area contributed by atoms with E-state index in [2.05, 4.69) is 43.0 Å². The van der Waals surface area contributed by atoms with Gasteiger partial charge in [-0.25, -0.2) is 4.98 Å². The fraction of sp³-hybridized carbons (Fsp3) is 0.333. The lowest BCUT2D eigenvalue weighted by Crippen LogP contribution is -2.17. The van der Waals surface area contributed by atoms with Gasteiger partial charge < -0.3 is 10.2 Å². The van der Waals surface area contributed by atoms with Gasteiger partial charge in [-0.2, -0.15) is 18.2 Å². The molecule has 0 aliphatic rings. The normalized spacial score (nSPS) is 11.8. The van der Waals surface area contributed by atoms with Crippen molar-refractivity contribution in [2.24, 2.45) is 0 Å². The number of rotatable bonds is 6. The van der Waals surface area contributed by atoms with E-state index in [1.165, 1.54) is 5.56 Å². The molecular formula is C24H27F3N4. The van der Waals surface area contributed by atoms with Crippen molar-refractivity contribution in [3.05, 3.63) is 71.4 Å². The van der Waals surface area contributed by atoms with Crippen LogP contribution in [0.15, 0.2) is 54.7 Å². The number of benzene rings is 2. The third kappa shape index (κ3) is 5.34. The SMILES string of the molecule is CC(C)c1ccc(Nc2nc(N(C)c3ccc(C(C)C)cc3)ncc2C(F)(F)F)cc1. The van der Waals surface area contributed by atoms with Gasteiger partial charge in [-0.15, -0.1) is 0 Å². The number of aromatic nitrogens is 2. The quantitative estimate of drug-likeness (QED) is 0.449. The molecule has 0 atom stereocenters. The average molecular weight is 429 g/mol. The summed E-state index contributed by atoms with van der Waals surface area (Å²) in [4.78, 5) is 9.85.